The van der Waals surface area contributed by atoms with Crippen LogP contribution in [0.2, 0.25) is 0 Å². The molecule has 0 saturated carbocycles. The van der Waals surface area contributed by atoms with Gasteiger partial charge in [-0.1, -0.05) is 19.9 Å². The van der Waals surface area contributed by atoms with Crippen LogP contribution in [0.15, 0.2) is 36.5 Å². The lowest BCUT2D eigenvalue weighted by Crippen LogP contribution is -2.05. The fourth-order valence-electron chi connectivity index (χ4n) is 2.84. The predicted molar refractivity (Wildman–Crippen MR) is 97.3 cm³/mol. The van der Waals surface area contributed by atoms with Crippen molar-refractivity contribution in [2.75, 3.05) is 6.61 Å². The third-order valence-corrected chi connectivity index (χ3v) is 4.14. The third kappa shape index (κ3) is 4.34. The minimum atomic E-state index is -0.312. The van der Waals surface area contributed by atoms with Crippen molar-refractivity contribution in [2.24, 2.45) is 0 Å². The van der Waals surface area contributed by atoms with Crippen LogP contribution in [0.4, 0.5) is 0 Å². The maximum Gasteiger partial charge on any atom is 0.330 e. The highest BCUT2D eigenvalue weighted by molar-refractivity contribution is 5.87. The highest BCUT2D eigenvalue weighted by atomic mass is 16.5. The van der Waals surface area contributed by atoms with Crippen LogP contribution in [0.25, 0.3) is 11.8 Å². The lowest BCUT2D eigenvalue weighted by Gasteiger charge is -2.18. The lowest BCUT2D eigenvalue weighted by atomic mass is 9.91. The second kappa shape index (κ2) is 8.48. The molecule has 128 valence electrons. The van der Waals surface area contributed by atoms with Crippen LogP contribution in [-0.2, 0) is 9.53 Å². The minimum Gasteiger partial charge on any atom is -0.463 e. The van der Waals surface area contributed by atoms with Gasteiger partial charge in [0.2, 0.25) is 0 Å². The zero-order valence-corrected chi connectivity index (χ0v) is 15.0. The van der Waals surface area contributed by atoms with Gasteiger partial charge >= 0.3 is 5.97 Å². The van der Waals surface area contributed by atoms with E-state index in [0.29, 0.717) is 12.5 Å². The molecule has 1 heterocycles. The fraction of sp³-hybridized carbons (Fsp3) is 0.400. The summed E-state index contributed by atoms with van der Waals surface area (Å²) in [6.45, 7) is 8.59. The Hall–Kier alpha value is -2.36. The monoisotopic (exact) mass is 326 g/mol. The maximum absolute atomic E-state index is 11.5. The largest absolute Gasteiger partial charge is 0.463 e. The van der Waals surface area contributed by atoms with Crippen molar-refractivity contribution >= 4 is 12.0 Å². The molecule has 4 heteroatoms. The number of aryl methyl sites for hydroxylation is 1. The summed E-state index contributed by atoms with van der Waals surface area (Å²) in [5.74, 6) is 0.147. The second-order valence-electron chi connectivity index (χ2n) is 5.82. The lowest BCUT2D eigenvalue weighted by molar-refractivity contribution is -0.137. The molecule has 0 fully saturated rings. The molecule has 0 aliphatic heterocycles. The molecule has 4 nitrogen and oxygen atoms in total. The number of carbonyl (C=O) groups excluding carboxylic acids is 1. The number of ether oxygens (including phenoxy) is 1. The topological polar surface area (TPSA) is 44.1 Å². The van der Waals surface area contributed by atoms with Crippen molar-refractivity contribution < 1.29 is 9.53 Å². The minimum absolute atomic E-state index is 0.312. The van der Waals surface area contributed by atoms with Gasteiger partial charge in [-0.2, -0.15) is 5.10 Å². The highest BCUT2D eigenvalue weighted by Crippen LogP contribution is 2.30. The van der Waals surface area contributed by atoms with Crippen molar-refractivity contribution in [1.82, 2.24) is 9.78 Å². The van der Waals surface area contributed by atoms with Gasteiger partial charge in [-0.3, -0.25) is 0 Å². The van der Waals surface area contributed by atoms with Gasteiger partial charge in [0.15, 0.2) is 0 Å². The van der Waals surface area contributed by atoms with E-state index < -0.39 is 0 Å². The van der Waals surface area contributed by atoms with Crippen molar-refractivity contribution in [3.05, 3.63) is 53.4 Å². The fourth-order valence-corrected chi connectivity index (χ4v) is 2.84. The number of hydrogen-bond acceptors (Lipinski definition) is 3. The Bertz CT molecular complexity index is 712. The average molecular weight is 326 g/mol. The Kier molecular flexibility index (Phi) is 6.36. The van der Waals surface area contributed by atoms with Gasteiger partial charge in [-0.15, -0.1) is 0 Å². The first-order valence-electron chi connectivity index (χ1n) is 8.60. The number of hydrogen-bond donors (Lipinski definition) is 0. The van der Waals surface area contributed by atoms with E-state index in [2.05, 4.69) is 31.1 Å². The summed E-state index contributed by atoms with van der Waals surface area (Å²) < 4.78 is 6.87. The molecule has 0 saturated heterocycles. The van der Waals surface area contributed by atoms with Gasteiger partial charge in [0, 0.05) is 12.3 Å². The molecule has 0 spiro atoms. The molecule has 0 unspecified atom stereocenters. The molecule has 0 bridgehead atoms. The summed E-state index contributed by atoms with van der Waals surface area (Å²) in [6.07, 6.45) is 7.41. The SMILES string of the molecule is CCOC(=O)/C=C/c1ccc(-n2ccc(C)n2)c(C(CC)CC)c1. The van der Waals surface area contributed by atoms with Crippen LogP contribution in [0, 0.1) is 6.92 Å². The number of rotatable bonds is 7. The summed E-state index contributed by atoms with van der Waals surface area (Å²) in [5, 5.41) is 4.55. The van der Waals surface area contributed by atoms with E-state index in [9.17, 15) is 4.79 Å². The molecule has 24 heavy (non-hydrogen) atoms. The van der Waals surface area contributed by atoms with Crippen molar-refractivity contribution in [2.45, 2.75) is 46.5 Å². The Morgan fingerprint density at radius 1 is 1.25 bits per heavy atom. The van der Waals surface area contributed by atoms with Crippen LogP contribution in [0.1, 0.15) is 56.4 Å². The summed E-state index contributed by atoms with van der Waals surface area (Å²) >= 11 is 0. The Morgan fingerprint density at radius 2 is 2.00 bits per heavy atom. The molecule has 0 aliphatic carbocycles. The van der Waals surface area contributed by atoms with Gasteiger partial charge in [0.25, 0.3) is 0 Å². The molecule has 0 N–H and O–H groups in total. The Balaban J connectivity index is 2.40. The van der Waals surface area contributed by atoms with Gasteiger partial charge in [-0.25, -0.2) is 9.48 Å². The molecule has 0 aliphatic rings. The molecule has 0 amide bonds. The first-order valence-corrected chi connectivity index (χ1v) is 8.60. The van der Waals surface area contributed by atoms with Crippen molar-refractivity contribution in [1.29, 1.82) is 0 Å². The average Bonchev–Trinajstić information content (AvgIpc) is 3.01. The maximum atomic E-state index is 11.5. The highest BCUT2D eigenvalue weighted by Gasteiger charge is 2.14. The number of aromatic nitrogens is 2. The first kappa shape index (κ1) is 18.0. The molecule has 1 aromatic heterocycles. The van der Waals surface area contributed by atoms with Crippen LogP contribution < -0.4 is 0 Å². The van der Waals surface area contributed by atoms with E-state index in [0.717, 1.165) is 29.8 Å². The quantitative estimate of drug-likeness (QED) is 0.549. The first-order chi connectivity index (χ1) is 11.6. The van der Waals surface area contributed by atoms with Crippen LogP contribution >= 0.6 is 0 Å². The van der Waals surface area contributed by atoms with Crippen LogP contribution in [0.3, 0.4) is 0 Å². The van der Waals surface area contributed by atoms with E-state index >= 15 is 0 Å². The van der Waals surface area contributed by atoms with Crippen LogP contribution in [-0.4, -0.2) is 22.4 Å². The standard InChI is InChI=1S/C20H26N2O2/c1-5-17(6-2)18-14-16(9-11-20(23)24-7-3)8-10-19(18)22-13-12-15(4)21-22/h8-14,17H,5-7H2,1-4H3/b11-9+. The number of nitrogens with zero attached hydrogens (tertiary/aromatic N) is 2. The zero-order chi connectivity index (χ0) is 17.5. The van der Waals surface area contributed by atoms with E-state index in [1.165, 1.54) is 11.6 Å². The van der Waals surface area contributed by atoms with E-state index in [1.807, 2.05) is 36.0 Å². The van der Waals surface area contributed by atoms with Crippen molar-refractivity contribution in [3.63, 3.8) is 0 Å². The van der Waals surface area contributed by atoms with Crippen molar-refractivity contribution in [3.8, 4) is 5.69 Å². The van der Waals surface area contributed by atoms with Gasteiger partial charge in [0.05, 0.1) is 18.0 Å². The smallest absolute Gasteiger partial charge is 0.330 e. The molecule has 2 rings (SSSR count). The third-order valence-electron chi connectivity index (χ3n) is 4.14. The molecule has 0 atom stereocenters. The van der Waals surface area contributed by atoms with Gasteiger partial charge in [0.1, 0.15) is 0 Å². The summed E-state index contributed by atoms with van der Waals surface area (Å²) in [7, 11) is 0. The molecule has 1 aromatic carbocycles. The number of carbonyl (C=O) groups is 1. The second-order valence-corrected chi connectivity index (χ2v) is 5.82. The summed E-state index contributed by atoms with van der Waals surface area (Å²) in [6, 6.07) is 8.24. The number of benzene rings is 1. The Morgan fingerprint density at radius 3 is 2.58 bits per heavy atom. The van der Waals surface area contributed by atoms with E-state index in [1.54, 1.807) is 6.92 Å². The zero-order valence-electron chi connectivity index (χ0n) is 15.0. The van der Waals surface area contributed by atoms with E-state index in [4.69, 9.17) is 4.74 Å². The predicted octanol–water partition coefficient (Wildman–Crippen LogP) is 4.66. The molecular weight excluding hydrogens is 300 g/mol. The van der Waals surface area contributed by atoms with E-state index in [-0.39, 0.29) is 5.97 Å². The molecule has 2 aromatic rings. The van der Waals surface area contributed by atoms with Crippen LogP contribution in [0.5, 0.6) is 0 Å². The Labute approximate surface area is 144 Å². The summed E-state index contributed by atoms with van der Waals surface area (Å²) in [4.78, 5) is 11.5. The number of esters is 1. The summed E-state index contributed by atoms with van der Waals surface area (Å²) in [5.41, 5.74) is 4.36. The van der Waals surface area contributed by atoms with Gasteiger partial charge in [-0.05, 0) is 68.0 Å². The molecule has 0 radical (unpaired) electrons. The molecular formula is C20H26N2O2. The normalized spacial score (nSPS) is 11.4. The van der Waals surface area contributed by atoms with Gasteiger partial charge < -0.3 is 4.74 Å².